The molecular formula is C9H13F3O. The summed E-state index contributed by atoms with van der Waals surface area (Å²) in [6.45, 7) is 3.97. The SMILES string of the molecule is CC(C)=C/C=C(\C)OCC(F)(F)F. The minimum absolute atomic E-state index is 0.263. The summed E-state index contributed by atoms with van der Waals surface area (Å²) < 4.78 is 39.4. The average Bonchev–Trinajstić information content (AvgIpc) is 1.95. The van der Waals surface area contributed by atoms with Gasteiger partial charge < -0.3 is 4.74 Å². The monoisotopic (exact) mass is 194 g/mol. The van der Waals surface area contributed by atoms with Crippen LogP contribution in [0.3, 0.4) is 0 Å². The van der Waals surface area contributed by atoms with E-state index >= 15 is 0 Å². The molecule has 0 aromatic heterocycles. The van der Waals surface area contributed by atoms with Crippen molar-refractivity contribution in [2.24, 2.45) is 0 Å². The molecule has 0 amide bonds. The Hall–Kier alpha value is -0.930. The molecule has 4 heteroatoms. The van der Waals surface area contributed by atoms with Gasteiger partial charge in [-0.15, -0.1) is 0 Å². The van der Waals surface area contributed by atoms with E-state index in [1.807, 2.05) is 13.8 Å². The van der Waals surface area contributed by atoms with E-state index in [4.69, 9.17) is 0 Å². The molecule has 0 fully saturated rings. The molecule has 0 aromatic carbocycles. The van der Waals surface area contributed by atoms with Crippen molar-refractivity contribution in [3.8, 4) is 0 Å². The highest BCUT2D eigenvalue weighted by Gasteiger charge is 2.28. The zero-order chi connectivity index (χ0) is 10.5. The molecule has 76 valence electrons. The summed E-state index contributed by atoms with van der Waals surface area (Å²) in [6, 6.07) is 0. The highest BCUT2D eigenvalue weighted by molar-refractivity contribution is 5.10. The zero-order valence-electron chi connectivity index (χ0n) is 7.90. The molecule has 0 aliphatic rings. The molecule has 1 nitrogen and oxygen atoms in total. The number of rotatable bonds is 3. The molecule has 0 rings (SSSR count). The maximum atomic E-state index is 11.6. The maximum Gasteiger partial charge on any atom is 0.422 e. The Morgan fingerprint density at radius 2 is 1.69 bits per heavy atom. The molecule has 0 N–H and O–H groups in total. The lowest BCUT2D eigenvalue weighted by Gasteiger charge is -2.08. The van der Waals surface area contributed by atoms with Crippen molar-refractivity contribution >= 4 is 0 Å². The molecule has 0 radical (unpaired) electrons. The molecule has 13 heavy (non-hydrogen) atoms. The van der Waals surface area contributed by atoms with Crippen LogP contribution in [0.5, 0.6) is 0 Å². The molecule has 0 saturated carbocycles. The summed E-state index contributed by atoms with van der Waals surface area (Å²) in [4.78, 5) is 0. The van der Waals surface area contributed by atoms with Crippen LogP contribution in [-0.2, 0) is 4.74 Å². The van der Waals surface area contributed by atoms with Crippen LogP contribution in [0, 0.1) is 0 Å². The third kappa shape index (κ3) is 8.98. The second-order valence-corrected chi connectivity index (χ2v) is 2.93. The second kappa shape index (κ2) is 4.94. The Morgan fingerprint density at radius 1 is 1.15 bits per heavy atom. The molecule has 0 saturated heterocycles. The Morgan fingerprint density at radius 3 is 2.08 bits per heavy atom. The first-order valence-corrected chi connectivity index (χ1v) is 3.82. The maximum absolute atomic E-state index is 11.6. The molecule has 0 bridgehead atoms. The predicted molar refractivity (Wildman–Crippen MR) is 45.2 cm³/mol. The summed E-state index contributed by atoms with van der Waals surface area (Å²) in [5, 5.41) is 0. The molecule has 0 unspecified atom stereocenters. The van der Waals surface area contributed by atoms with Gasteiger partial charge in [-0.25, -0.2) is 0 Å². The quantitative estimate of drug-likeness (QED) is 0.494. The second-order valence-electron chi connectivity index (χ2n) is 2.93. The lowest BCUT2D eigenvalue weighted by molar-refractivity contribution is -0.164. The fourth-order valence-electron chi connectivity index (χ4n) is 0.528. The largest absolute Gasteiger partial charge is 0.489 e. The first-order chi connectivity index (χ1) is 5.81. The minimum atomic E-state index is -4.26. The third-order valence-corrected chi connectivity index (χ3v) is 1.11. The summed E-state index contributed by atoms with van der Waals surface area (Å²) in [7, 11) is 0. The van der Waals surface area contributed by atoms with Gasteiger partial charge in [-0.05, 0) is 26.8 Å². The van der Waals surface area contributed by atoms with E-state index in [1.54, 1.807) is 6.08 Å². The number of alkyl halides is 3. The van der Waals surface area contributed by atoms with Gasteiger partial charge in [0, 0.05) is 0 Å². The number of halogens is 3. The van der Waals surface area contributed by atoms with Crippen LogP contribution in [-0.4, -0.2) is 12.8 Å². The Labute approximate surface area is 75.9 Å². The Bertz CT molecular complexity index is 209. The molecular weight excluding hydrogens is 181 g/mol. The van der Waals surface area contributed by atoms with Gasteiger partial charge in [0.25, 0.3) is 0 Å². The van der Waals surface area contributed by atoms with Crippen molar-refractivity contribution in [2.45, 2.75) is 26.9 Å². The molecule has 0 aliphatic carbocycles. The van der Waals surface area contributed by atoms with Gasteiger partial charge in [-0.2, -0.15) is 13.2 Å². The number of ether oxygens (including phenoxy) is 1. The van der Waals surface area contributed by atoms with E-state index < -0.39 is 12.8 Å². The predicted octanol–water partition coefficient (Wildman–Crippen LogP) is 3.44. The van der Waals surface area contributed by atoms with Crippen molar-refractivity contribution in [2.75, 3.05) is 6.61 Å². The third-order valence-electron chi connectivity index (χ3n) is 1.11. The molecule has 0 atom stereocenters. The van der Waals surface area contributed by atoms with E-state index in [0.717, 1.165) is 5.57 Å². The topological polar surface area (TPSA) is 9.23 Å². The van der Waals surface area contributed by atoms with Crippen molar-refractivity contribution in [1.29, 1.82) is 0 Å². The highest BCUT2D eigenvalue weighted by atomic mass is 19.4. The molecule has 0 aromatic rings. The first-order valence-electron chi connectivity index (χ1n) is 3.82. The van der Waals surface area contributed by atoms with Crippen LogP contribution in [0.25, 0.3) is 0 Å². The molecule has 0 spiro atoms. The van der Waals surface area contributed by atoms with Gasteiger partial charge in [0.15, 0.2) is 6.61 Å². The average molecular weight is 194 g/mol. The summed E-state index contributed by atoms with van der Waals surface area (Å²) >= 11 is 0. The smallest absolute Gasteiger partial charge is 0.422 e. The van der Waals surface area contributed by atoms with Gasteiger partial charge in [0.05, 0.1) is 5.76 Å². The standard InChI is InChI=1S/C9H13F3O/c1-7(2)4-5-8(3)13-6-9(10,11)12/h4-5H,6H2,1-3H3/b8-5+. The van der Waals surface area contributed by atoms with Crippen LogP contribution in [0.15, 0.2) is 23.5 Å². The van der Waals surface area contributed by atoms with Crippen LogP contribution in [0.1, 0.15) is 20.8 Å². The van der Waals surface area contributed by atoms with Crippen LogP contribution in [0.2, 0.25) is 0 Å². The molecule has 0 aliphatic heterocycles. The van der Waals surface area contributed by atoms with Gasteiger partial charge in [0.1, 0.15) is 0 Å². The van der Waals surface area contributed by atoms with Crippen molar-refractivity contribution in [3.05, 3.63) is 23.5 Å². The molecule has 0 heterocycles. The van der Waals surface area contributed by atoms with Gasteiger partial charge in [-0.3, -0.25) is 0 Å². The lowest BCUT2D eigenvalue weighted by atomic mass is 10.3. The van der Waals surface area contributed by atoms with Crippen molar-refractivity contribution in [3.63, 3.8) is 0 Å². The van der Waals surface area contributed by atoms with E-state index in [9.17, 15) is 13.2 Å². The van der Waals surface area contributed by atoms with Crippen molar-refractivity contribution < 1.29 is 17.9 Å². The number of hydrogen-bond acceptors (Lipinski definition) is 1. The summed E-state index contributed by atoms with van der Waals surface area (Å²) in [5.41, 5.74) is 1.01. The first kappa shape index (κ1) is 12.1. The van der Waals surface area contributed by atoms with Gasteiger partial charge >= 0.3 is 6.18 Å². The lowest BCUT2D eigenvalue weighted by Crippen LogP contribution is -2.16. The normalized spacial score (nSPS) is 12.6. The summed E-state index contributed by atoms with van der Waals surface area (Å²) in [6.07, 6.45) is -1.05. The van der Waals surface area contributed by atoms with E-state index in [2.05, 4.69) is 4.74 Å². The van der Waals surface area contributed by atoms with Gasteiger partial charge in [-0.1, -0.05) is 11.6 Å². The Balaban J connectivity index is 3.95. The van der Waals surface area contributed by atoms with Crippen molar-refractivity contribution in [1.82, 2.24) is 0 Å². The number of hydrogen-bond donors (Lipinski definition) is 0. The fourth-order valence-corrected chi connectivity index (χ4v) is 0.528. The summed E-state index contributed by atoms with van der Waals surface area (Å²) in [5.74, 6) is 0.263. The van der Waals surface area contributed by atoms with Gasteiger partial charge in [0.2, 0.25) is 0 Å². The van der Waals surface area contributed by atoms with Crippen LogP contribution < -0.4 is 0 Å². The highest BCUT2D eigenvalue weighted by Crippen LogP contribution is 2.16. The number of allylic oxidation sites excluding steroid dienone is 4. The van der Waals surface area contributed by atoms with E-state index in [1.165, 1.54) is 13.0 Å². The fraction of sp³-hybridized carbons (Fsp3) is 0.556. The zero-order valence-corrected chi connectivity index (χ0v) is 7.90. The van der Waals surface area contributed by atoms with Crippen LogP contribution >= 0.6 is 0 Å². The van der Waals surface area contributed by atoms with E-state index in [-0.39, 0.29) is 5.76 Å². The Kier molecular flexibility index (Phi) is 4.59. The minimum Gasteiger partial charge on any atom is -0.489 e. The van der Waals surface area contributed by atoms with Crippen LogP contribution in [0.4, 0.5) is 13.2 Å². The van der Waals surface area contributed by atoms with E-state index in [0.29, 0.717) is 0 Å².